The van der Waals surface area contributed by atoms with E-state index in [9.17, 15) is 10.1 Å². The lowest BCUT2D eigenvalue weighted by Crippen LogP contribution is -2.47. The summed E-state index contributed by atoms with van der Waals surface area (Å²) in [7, 11) is 0. The number of piperidine rings is 1. The highest BCUT2D eigenvalue weighted by Gasteiger charge is 2.20. The molecule has 2 aliphatic rings. The Morgan fingerprint density at radius 3 is 2.34 bits per heavy atom. The highest BCUT2D eigenvalue weighted by Crippen LogP contribution is 2.21. The van der Waals surface area contributed by atoms with E-state index in [1.165, 1.54) is 19.3 Å². The van der Waals surface area contributed by atoms with Crippen molar-refractivity contribution in [1.82, 2.24) is 19.6 Å². The van der Waals surface area contributed by atoms with E-state index in [4.69, 9.17) is 16.6 Å². The second kappa shape index (κ2) is 9.02. The number of anilines is 1. The molecular formula is C19H26N6O3S. The number of nitro benzene ring substituents is 1. The Bertz CT molecular complexity index is 882. The predicted molar refractivity (Wildman–Crippen MR) is 111 cm³/mol. The fraction of sp³-hybridized carbons (Fsp3) is 0.579. The number of piperazine rings is 1. The Kier molecular flexibility index (Phi) is 6.22. The van der Waals surface area contributed by atoms with Gasteiger partial charge < -0.3 is 9.32 Å². The third-order valence-electron chi connectivity index (χ3n) is 5.59. The summed E-state index contributed by atoms with van der Waals surface area (Å²) < 4.78 is 7.49. The van der Waals surface area contributed by atoms with Crippen molar-refractivity contribution in [3.8, 4) is 0 Å². The maximum absolute atomic E-state index is 10.8. The van der Waals surface area contributed by atoms with Crippen LogP contribution in [-0.2, 0) is 13.2 Å². The highest BCUT2D eigenvalue weighted by atomic mass is 32.1. The molecule has 1 aromatic carbocycles. The first-order chi connectivity index (χ1) is 14.1. The van der Waals surface area contributed by atoms with Gasteiger partial charge in [0.25, 0.3) is 10.5 Å². The Labute approximate surface area is 174 Å². The molecule has 156 valence electrons. The van der Waals surface area contributed by atoms with Crippen LogP contribution in [0.25, 0.3) is 0 Å². The number of aromatic nitrogens is 2. The van der Waals surface area contributed by atoms with Gasteiger partial charge in [0.05, 0.1) is 18.1 Å². The monoisotopic (exact) mass is 418 g/mol. The van der Waals surface area contributed by atoms with Crippen molar-refractivity contribution in [2.45, 2.75) is 32.5 Å². The zero-order chi connectivity index (χ0) is 20.2. The topological polar surface area (TPSA) is 83.8 Å². The Hall–Kier alpha value is -2.30. The summed E-state index contributed by atoms with van der Waals surface area (Å²) >= 11 is 5.37. The van der Waals surface area contributed by atoms with E-state index in [1.807, 2.05) is 12.1 Å². The second-order valence-corrected chi connectivity index (χ2v) is 7.97. The van der Waals surface area contributed by atoms with Gasteiger partial charge in [-0.3, -0.25) is 19.9 Å². The highest BCUT2D eigenvalue weighted by molar-refractivity contribution is 7.71. The molecule has 0 unspecified atom stereocenters. The number of benzene rings is 1. The van der Waals surface area contributed by atoms with Gasteiger partial charge in [-0.05, 0) is 50.3 Å². The van der Waals surface area contributed by atoms with Crippen LogP contribution in [0.5, 0.6) is 0 Å². The summed E-state index contributed by atoms with van der Waals surface area (Å²) in [6.45, 7) is 6.98. The van der Waals surface area contributed by atoms with E-state index in [1.54, 1.807) is 16.8 Å². The number of non-ortho nitro benzene ring substituents is 1. The van der Waals surface area contributed by atoms with Crippen LogP contribution in [0, 0.1) is 15.0 Å². The summed E-state index contributed by atoms with van der Waals surface area (Å²) in [5.41, 5.74) is 1.13. The van der Waals surface area contributed by atoms with Gasteiger partial charge in [-0.1, -0.05) is 6.42 Å². The Morgan fingerprint density at radius 1 is 1.00 bits per heavy atom. The molecule has 0 aliphatic carbocycles. The van der Waals surface area contributed by atoms with E-state index in [0.29, 0.717) is 17.4 Å². The van der Waals surface area contributed by atoms with Crippen LogP contribution in [0.1, 0.15) is 25.2 Å². The molecule has 0 spiro atoms. The number of rotatable bonds is 6. The number of hydrogen-bond donors (Lipinski definition) is 0. The minimum Gasteiger partial charge on any atom is -0.412 e. The fourth-order valence-electron chi connectivity index (χ4n) is 3.93. The van der Waals surface area contributed by atoms with Gasteiger partial charge in [0, 0.05) is 44.0 Å². The van der Waals surface area contributed by atoms with Gasteiger partial charge >= 0.3 is 0 Å². The van der Waals surface area contributed by atoms with E-state index < -0.39 is 0 Å². The normalized spacial score (nSPS) is 18.8. The molecule has 0 radical (unpaired) electrons. The molecule has 9 nitrogen and oxygen atoms in total. The molecule has 0 amide bonds. The molecule has 4 rings (SSSR count). The van der Waals surface area contributed by atoms with E-state index in [-0.39, 0.29) is 10.6 Å². The predicted octanol–water partition coefficient (Wildman–Crippen LogP) is 2.88. The number of likely N-dealkylation sites (tertiary alicyclic amines) is 1. The van der Waals surface area contributed by atoms with Crippen molar-refractivity contribution >= 4 is 23.6 Å². The van der Waals surface area contributed by atoms with Crippen LogP contribution in [0.4, 0.5) is 11.4 Å². The largest absolute Gasteiger partial charge is 0.412 e. The molecular weight excluding hydrogens is 392 g/mol. The summed E-state index contributed by atoms with van der Waals surface area (Å²) in [6.07, 6.45) is 3.78. The van der Waals surface area contributed by atoms with Gasteiger partial charge in [0.1, 0.15) is 0 Å². The van der Waals surface area contributed by atoms with Crippen molar-refractivity contribution in [2.75, 3.05) is 44.2 Å². The molecule has 2 aliphatic heterocycles. The lowest BCUT2D eigenvalue weighted by atomic mass is 10.1. The Balaban J connectivity index is 1.30. The van der Waals surface area contributed by atoms with Gasteiger partial charge in [-0.2, -0.15) is 0 Å². The smallest absolute Gasteiger partial charge is 0.288 e. The molecule has 0 N–H and O–H groups in total. The third kappa shape index (κ3) is 5.01. The van der Waals surface area contributed by atoms with E-state index in [2.05, 4.69) is 19.8 Å². The first kappa shape index (κ1) is 20.0. The molecule has 0 atom stereocenters. The van der Waals surface area contributed by atoms with E-state index >= 15 is 0 Å². The molecule has 29 heavy (non-hydrogen) atoms. The molecule has 2 saturated heterocycles. The van der Waals surface area contributed by atoms with Crippen LogP contribution in [0.15, 0.2) is 28.7 Å². The third-order valence-corrected chi connectivity index (χ3v) is 5.88. The lowest BCUT2D eigenvalue weighted by Gasteiger charge is -2.35. The summed E-state index contributed by atoms with van der Waals surface area (Å²) in [4.78, 5) is 17.8. The molecule has 2 fully saturated rings. The molecule has 0 bridgehead atoms. The van der Waals surface area contributed by atoms with Crippen molar-refractivity contribution < 1.29 is 9.34 Å². The zero-order valence-corrected chi connectivity index (χ0v) is 17.2. The minimum absolute atomic E-state index is 0.119. The quantitative estimate of drug-likeness (QED) is 0.402. The van der Waals surface area contributed by atoms with Gasteiger partial charge in [-0.25, -0.2) is 4.68 Å². The van der Waals surface area contributed by atoms with Crippen LogP contribution < -0.4 is 4.90 Å². The summed E-state index contributed by atoms with van der Waals surface area (Å²) in [6, 6.07) is 6.74. The fourth-order valence-corrected chi connectivity index (χ4v) is 4.13. The van der Waals surface area contributed by atoms with Gasteiger partial charge in [0.2, 0.25) is 5.89 Å². The van der Waals surface area contributed by atoms with Crippen molar-refractivity contribution in [3.05, 3.63) is 45.1 Å². The van der Waals surface area contributed by atoms with Crippen molar-refractivity contribution in [1.29, 1.82) is 0 Å². The second-order valence-electron chi connectivity index (χ2n) is 7.62. The first-order valence-electron chi connectivity index (χ1n) is 10.1. The maximum atomic E-state index is 10.8. The summed E-state index contributed by atoms with van der Waals surface area (Å²) in [5, 5.41) is 15.4. The van der Waals surface area contributed by atoms with Crippen molar-refractivity contribution in [3.63, 3.8) is 0 Å². The van der Waals surface area contributed by atoms with Crippen LogP contribution in [0.3, 0.4) is 0 Å². The molecule has 3 heterocycles. The Morgan fingerprint density at radius 2 is 1.69 bits per heavy atom. The number of nitrogens with zero attached hydrogens (tertiary/aromatic N) is 6. The van der Waals surface area contributed by atoms with Crippen LogP contribution in [0.2, 0.25) is 0 Å². The van der Waals surface area contributed by atoms with Gasteiger partial charge in [0.15, 0.2) is 0 Å². The van der Waals surface area contributed by atoms with Crippen LogP contribution in [-0.4, -0.2) is 63.8 Å². The summed E-state index contributed by atoms with van der Waals surface area (Å²) in [5.74, 6) is 0.696. The molecule has 2 aromatic rings. The SMILES string of the molecule is O=[N+]([O-])c1ccc(N2CCN(Cn3nc(CN4CCCCC4)oc3=S)CC2)cc1. The molecule has 10 heteroatoms. The van der Waals surface area contributed by atoms with Crippen LogP contribution >= 0.6 is 12.2 Å². The van der Waals surface area contributed by atoms with E-state index in [0.717, 1.165) is 51.5 Å². The number of nitro groups is 1. The first-order valence-corrected chi connectivity index (χ1v) is 10.5. The number of hydrogen-bond acceptors (Lipinski definition) is 8. The standard InChI is InChI=1S/C19H26N6O3S/c26-25(27)17-6-4-16(5-7-17)23-12-10-22(11-13-23)15-24-19(29)28-18(20-24)14-21-8-2-1-3-9-21/h4-7H,1-3,8-15H2. The van der Waals surface area contributed by atoms with Crippen molar-refractivity contribution in [2.24, 2.45) is 0 Å². The average Bonchev–Trinajstić information content (AvgIpc) is 3.08. The average molecular weight is 419 g/mol. The molecule has 0 saturated carbocycles. The van der Waals surface area contributed by atoms with Gasteiger partial charge in [-0.15, -0.1) is 5.10 Å². The molecule has 1 aromatic heterocycles. The minimum atomic E-state index is -0.372. The lowest BCUT2D eigenvalue weighted by molar-refractivity contribution is -0.384. The zero-order valence-electron chi connectivity index (χ0n) is 16.4. The maximum Gasteiger partial charge on any atom is 0.288 e.